The Morgan fingerprint density at radius 2 is 2.04 bits per heavy atom. The molecule has 6 heteroatoms. The van der Waals surface area contributed by atoms with E-state index in [-0.39, 0.29) is 18.3 Å². The number of hydrogen-bond acceptors (Lipinski definition) is 4. The van der Waals surface area contributed by atoms with Crippen molar-refractivity contribution < 1.29 is 14.3 Å². The number of carbonyl (C=O) groups excluding carboxylic acids is 2. The van der Waals surface area contributed by atoms with Gasteiger partial charge in [0, 0.05) is 17.0 Å². The topological polar surface area (TPSA) is 67.4 Å². The van der Waals surface area contributed by atoms with Gasteiger partial charge in [0.15, 0.2) is 12.4 Å². The maximum atomic E-state index is 12.3. The normalized spacial score (nSPS) is 12.9. The second kappa shape index (κ2) is 9.53. The van der Waals surface area contributed by atoms with Crippen molar-refractivity contribution in [1.82, 2.24) is 5.32 Å². The molecular formula is C21H23ClN2O3. The molecule has 0 unspecified atom stereocenters. The van der Waals surface area contributed by atoms with Crippen LogP contribution < -0.4 is 15.4 Å². The number of amides is 1. The lowest BCUT2D eigenvalue weighted by Crippen LogP contribution is -2.25. The van der Waals surface area contributed by atoms with Crippen LogP contribution >= 0.6 is 11.6 Å². The second-order valence-electron chi connectivity index (χ2n) is 6.56. The molecule has 0 atom stereocenters. The standard InChI is InChI=1S/C21H23ClN2O3/c22-17-5-3-4-15(12-17)9-11-23-10-2-1-6-19(25)16-7-8-20-18(13-16)24-21(26)14-27-20/h3-5,7-8,12-13,23H,1-2,6,9-11,14H2,(H,24,26). The Morgan fingerprint density at radius 3 is 2.89 bits per heavy atom. The number of fused-ring (bicyclic) bond motifs is 1. The Morgan fingerprint density at radius 1 is 1.15 bits per heavy atom. The molecule has 1 heterocycles. The molecule has 2 aromatic rings. The molecular weight excluding hydrogens is 364 g/mol. The van der Waals surface area contributed by atoms with Gasteiger partial charge in [-0.25, -0.2) is 0 Å². The highest BCUT2D eigenvalue weighted by molar-refractivity contribution is 6.30. The molecule has 27 heavy (non-hydrogen) atoms. The van der Waals surface area contributed by atoms with E-state index in [1.54, 1.807) is 18.2 Å². The van der Waals surface area contributed by atoms with Gasteiger partial charge in [0.1, 0.15) is 5.75 Å². The monoisotopic (exact) mass is 386 g/mol. The van der Waals surface area contributed by atoms with Crippen LogP contribution in [0, 0.1) is 0 Å². The second-order valence-corrected chi connectivity index (χ2v) is 6.99. The summed E-state index contributed by atoms with van der Waals surface area (Å²) >= 11 is 5.97. The molecule has 0 fully saturated rings. The summed E-state index contributed by atoms with van der Waals surface area (Å²) in [5.41, 5.74) is 2.39. The van der Waals surface area contributed by atoms with Gasteiger partial charge in [-0.2, -0.15) is 0 Å². The van der Waals surface area contributed by atoms with Crippen molar-refractivity contribution in [3.05, 3.63) is 58.6 Å². The highest BCUT2D eigenvalue weighted by Gasteiger charge is 2.17. The van der Waals surface area contributed by atoms with Gasteiger partial charge in [-0.15, -0.1) is 0 Å². The fourth-order valence-electron chi connectivity index (χ4n) is 2.99. The predicted molar refractivity (Wildman–Crippen MR) is 107 cm³/mol. The van der Waals surface area contributed by atoms with Crippen LogP contribution in [0.5, 0.6) is 5.75 Å². The first kappa shape index (κ1) is 19.4. The molecule has 1 aliphatic heterocycles. The van der Waals surface area contributed by atoms with Crippen molar-refractivity contribution in [3.63, 3.8) is 0 Å². The Balaban J connectivity index is 1.34. The van der Waals surface area contributed by atoms with E-state index in [4.69, 9.17) is 16.3 Å². The lowest BCUT2D eigenvalue weighted by Gasteiger charge is -2.18. The molecule has 0 bridgehead atoms. The number of ketones is 1. The fourth-order valence-corrected chi connectivity index (χ4v) is 3.20. The smallest absolute Gasteiger partial charge is 0.262 e. The summed E-state index contributed by atoms with van der Waals surface area (Å²) in [6.07, 6.45) is 3.18. The summed E-state index contributed by atoms with van der Waals surface area (Å²) in [6.45, 7) is 1.78. The van der Waals surface area contributed by atoms with E-state index in [0.717, 1.165) is 37.4 Å². The first-order chi connectivity index (χ1) is 13.1. The van der Waals surface area contributed by atoms with Gasteiger partial charge in [-0.1, -0.05) is 23.7 Å². The fraction of sp³-hybridized carbons (Fsp3) is 0.333. The SMILES string of the molecule is O=C1COc2ccc(C(=O)CCCCNCCc3cccc(Cl)c3)cc2N1. The van der Waals surface area contributed by atoms with Crippen molar-refractivity contribution in [1.29, 1.82) is 0 Å². The number of nitrogens with one attached hydrogen (secondary N) is 2. The minimum atomic E-state index is -0.198. The molecule has 0 aliphatic carbocycles. The number of benzene rings is 2. The van der Waals surface area contributed by atoms with Crippen LogP contribution in [0.1, 0.15) is 35.2 Å². The summed E-state index contributed by atoms with van der Waals surface area (Å²) in [7, 11) is 0. The van der Waals surface area contributed by atoms with Gasteiger partial charge in [0.05, 0.1) is 5.69 Å². The van der Waals surface area contributed by atoms with Crippen molar-refractivity contribution in [3.8, 4) is 5.75 Å². The lowest BCUT2D eigenvalue weighted by atomic mass is 10.0. The van der Waals surface area contributed by atoms with E-state index in [0.29, 0.717) is 23.4 Å². The molecule has 0 aromatic heterocycles. The number of Topliss-reactive ketones (excluding diaryl/α,β-unsaturated/α-hetero) is 1. The minimum absolute atomic E-state index is 0.0185. The average molecular weight is 387 g/mol. The molecule has 3 rings (SSSR count). The molecule has 2 aromatic carbocycles. The number of carbonyl (C=O) groups is 2. The van der Waals surface area contributed by atoms with Crippen LogP contribution in [-0.4, -0.2) is 31.4 Å². The zero-order chi connectivity index (χ0) is 19.1. The van der Waals surface area contributed by atoms with E-state index in [2.05, 4.69) is 16.7 Å². The van der Waals surface area contributed by atoms with Crippen LogP contribution in [-0.2, 0) is 11.2 Å². The van der Waals surface area contributed by atoms with E-state index >= 15 is 0 Å². The number of anilines is 1. The lowest BCUT2D eigenvalue weighted by molar-refractivity contribution is -0.118. The van der Waals surface area contributed by atoms with Crippen LogP contribution in [0.4, 0.5) is 5.69 Å². The van der Waals surface area contributed by atoms with Crippen molar-refractivity contribution >= 4 is 29.0 Å². The number of rotatable bonds is 9. The summed E-state index contributed by atoms with van der Waals surface area (Å²) in [5.74, 6) is 0.488. The highest BCUT2D eigenvalue weighted by Crippen LogP contribution is 2.29. The molecule has 1 amide bonds. The van der Waals surface area contributed by atoms with E-state index in [9.17, 15) is 9.59 Å². The molecule has 5 nitrogen and oxygen atoms in total. The molecule has 0 radical (unpaired) electrons. The van der Waals surface area contributed by atoms with Gasteiger partial charge in [0.2, 0.25) is 0 Å². The third kappa shape index (κ3) is 5.81. The van der Waals surface area contributed by atoms with Crippen LogP contribution in [0.15, 0.2) is 42.5 Å². The zero-order valence-corrected chi connectivity index (χ0v) is 15.8. The van der Waals surface area contributed by atoms with Crippen molar-refractivity contribution in [2.45, 2.75) is 25.7 Å². The van der Waals surface area contributed by atoms with E-state index < -0.39 is 0 Å². The number of ether oxygens (including phenoxy) is 1. The van der Waals surface area contributed by atoms with E-state index in [1.807, 2.05) is 18.2 Å². The minimum Gasteiger partial charge on any atom is -0.482 e. The largest absolute Gasteiger partial charge is 0.482 e. The number of unbranched alkanes of at least 4 members (excludes halogenated alkanes) is 1. The number of hydrogen-bond donors (Lipinski definition) is 2. The maximum Gasteiger partial charge on any atom is 0.262 e. The molecule has 142 valence electrons. The van der Waals surface area contributed by atoms with Gasteiger partial charge >= 0.3 is 0 Å². The molecule has 2 N–H and O–H groups in total. The Kier molecular flexibility index (Phi) is 6.85. The van der Waals surface area contributed by atoms with Crippen molar-refractivity contribution in [2.24, 2.45) is 0 Å². The molecule has 0 saturated carbocycles. The Bertz CT molecular complexity index is 823. The maximum absolute atomic E-state index is 12.3. The highest BCUT2D eigenvalue weighted by atomic mass is 35.5. The first-order valence-electron chi connectivity index (χ1n) is 9.17. The third-order valence-electron chi connectivity index (χ3n) is 4.42. The Labute approximate surface area is 164 Å². The predicted octanol–water partition coefficient (Wildman–Crippen LogP) is 3.86. The first-order valence-corrected chi connectivity index (χ1v) is 9.55. The summed E-state index contributed by atoms with van der Waals surface area (Å²) in [5, 5.41) is 6.89. The van der Waals surface area contributed by atoms with Gasteiger partial charge in [-0.05, 0) is 68.2 Å². The molecule has 1 aliphatic rings. The summed E-state index contributed by atoms with van der Waals surface area (Å²) in [4.78, 5) is 23.7. The van der Waals surface area contributed by atoms with Crippen molar-refractivity contribution in [2.75, 3.05) is 25.0 Å². The quantitative estimate of drug-likeness (QED) is 0.507. The van der Waals surface area contributed by atoms with Crippen LogP contribution in [0.2, 0.25) is 5.02 Å². The summed E-state index contributed by atoms with van der Waals surface area (Å²) in [6, 6.07) is 13.1. The summed E-state index contributed by atoms with van der Waals surface area (Å²) < 4.78 is 5.31. The van der Waals surface area contributed by atoms with Gasteiger partial charge in [-0.3, -0.25) is 9.59 Å². The van der Waals surface area contributed by atoms with Gasteiger partial charge in [0.25, 0.3) is 5.91 Å². The average Bonchev–Trinajstić information content (AvgIpc) is 2.66. The van der Waals surface area contributed by atoms with E-state index in [1.165, 1.54) is 5.56 Å². The van der Waals surface area contributed by atoms with Crippen LogP contribution in [0.25, 0.3) is 0 Å². The number of halogens is 1. The Hall–Kier alpha value is -2.37. The molecule has 0 spiro atoms. The van der Waals surface area contributed by atoms with Gasteiger partial charge < -0.3 is 15.4 Å². The zero-order valence-electron chi connectivity index (χ0n) is 15.1. The molecule has 0 saturated heterocycles. The third-order valence-corrected chi connectivity index (χ3v) is 4.66. The van der Waals surface area contributed by atoms with Crippen LogP contribution in [0.3, 0.4) is 0 Å².